The lowest BCUT2D eigenvalue weighted by atomic mass is 10.0. The number of nitrogens with zero attached hydrogens (tertiary/aromatic N) is 4. The fourth-order valence-electron chi connectivity index (χ4n) is 3.00. The molecule has 1 saturated heterocycles. The second kappa shape index (κ2) is 6.20. The molecule has 24 heavy (non-hydrogen) atoms. The summed E-state index contributed by atoms with van der Waals surface area (Å²) in [7, 11) is 0. The number of piperidine rings is 1. The van der Waals surface area contributed by atoms with Crippen LogP contribution in [0.1, 0.15) is 29.1 Å². The van der Waals surface area contributed by atoms with Gasteiger partial charge in [-0.15, -0.1) is 11.3 Å². The van der Waals surface area contributed by atoms with Gasteiger partial charge in [-0.05, 0) is 31.2 Å². The second-order valence-corrected chi connectivity index (χ2v) is 6.79. The number of rotatable bonds is 3. The predicted octanol–water partition coefficient (Wildman–Crippen LogP) is 2.39. The Morgan fingerprint density at radius 2 is 2.21 bits per heavy atom. The molecule has 0 aromatic carbocycles. The quantitative estimate of drug-likeness (QED) is 0.786. The van der Waals surface area contributed by atoms with Crippen molar-refractivity contribution in [3.63, 3.8) is 0 Å². The normalized spacial score (nSPS) is 15.8. The third kappa shape index (κ3) is 2.84. The van der Waals surface area contributed by atoms with Crippen molar-refractivity contribution in [2.75, 3.05) is 18.0 Å². The number of aryl methyl sites for hydroxylation is 1. The van der Waals surface area contributed by atoms with Crippen molar-refractivity contribution in [1.82, 2.24) is 20.4 Å². The summed E-state index contributed by atoms with van der Waals surface area (Å²) >= 11 is 1.62. The number of thiophene rings is 1. The van der Waals surface area contributed by atoms with Crippen LogP contribution in [0.25, 0.3) is 10.2 Å². The maximum absolute atomic E-state index is 12.2. The van der Waals surface area contributed by atoms with Gasteiger partial charge in [-0.2, -0.15) is 0 Å². The molecule has 124 valence electrons. The van der Waals surface area contributed by atoms with Crippen LogP contribution in [0.2, 0.25) is 0 Å². The first-order valence-corrected chi connectivity index (χ1v) is 8.76. The molecule has 0 atom stereocenters. The largest absolute Gasteiger partial charge is 0.361 e. The summed E-state index contributed by atoms with van der Waals surface area (Å²) in [5.41, 5.74) is 0.339. The number of nitrogens with one attached hydrogen (secondary N) is 1. The summed E-state index contributed by atoms with van der Waals surface area (Å²) < 4.78 is 4.95. The molecule has 0 bridgehead atoms. The van der Waals surface area contributed by atoms with Crippen LogP contribution in [-0.2, 0) is 0 Å². The molecule has 0 saturated carbocycles. The smallest absolute Gasteiger partial charge is 0.273 e. The van der Waals surface area contributed by atoms with Gasteiger partial charge in [-0.25, -0.2) is 9.97 Å². The third-order valence-corrected chi connectivity index (χ3v) is 5.05. The summed E-state index contributed by atoms with van der Waals surface area (Å²) in [4.78, 5) is 24.2. The lowest BCUT2D eigenvalue weighted by Gasteiger charge is -2.33. The van der Waals surface area contributed by atoms with Gasteiger partial charge < -0.3 is 14.7 Å². The predicted molar refractivity (Wildman–Crippen MR) is 91.4 cm³/mol. The van der Waals surface area contributed by atoms with Crippen LogP contribution in [-0.4, -0.2) is 40.2 Å². The number of hydrogen-bond donors (Lipinski definition) is 1. The second-order valence-electron chi connectivity index (χ2n) is 5.89. The van der Waals surface area contributed by atoms with Gasteiger partial charge >= 0.3 is 0 Å². The minimum Gasteiger partial charge on any atom is -0.361 e. The van der Waals surface area contributed by atoms with Crippen molar-refractivity contribution in [3.05, 3.63) is 35.3 Å². The zero-order valence-electron chi connectivity index (χ0n) is 13.2. The number of amides is 1. The van der Waals surface area contributed by atoms with E-state index in [1.54, 1.807) is 30.7 Å². The Labute approximate surface area is 142 Å². The summed E-state index contributed by atoms with van der Waals surface area (Å²) in [6.07, 6.45) is 3.37. The molecule has 0 aliphatic carbocycles. The fraction of sp³-hybridized carbons (Fsp3) is 0.375. The van der Waals surface area contributed by atoms with E-state index in [1.807, 2.05) is 5.38 Å². The van der Waals surface area contributed by atoms with E-state index in [0.29, 0.717) is 11.5 Å². The minimum absolute atomic E-state index is 0.144. The van der Waals surface area contributed by atoms with Gasteiger partial charge in [-0.1, -0.05) is 5.16 Å². The van der Waals surface area contributed by atoms with Crippen LogP contribution in [0.5, 0.6) is 0 Å². The SMILES string of the molecule is Cc1cc(C(=O)NC2CCN(c3ncnc4sccc34)CC2)no1. The van der Waals surface area contributed by atoms with Gasteiger partial charge in [0.15, 0.2) is 5.69 Å². The lowest BCUT2D eigenvalue weighted by molar-refractivity contribution is 0.0922. The first-order chi connectivity index (χ1) is 11.7. The molecule has 3 aromatic heterocycles. The Morgan fingerprint density at radius 1 is 1.38 bits per heavy atom. The van der Waals surface area contributed by atoms with E-state index in [2.05, 4.69) is 31.4 Å². The minimum atomic E-state index is -0.174. The molecule has 1 aliphatic heterocycles. The zero-order valence-corrected chi connectivity index (χ0v) is 14.0. The molecule has 0 unspecified atom stereocenters. The number of anilines is 1. The first kappa shape index (κ1) is 15.1. The van der Waals surface area contributed by atoms with E-state index in [4.69, 9.17) is 4.52 Å². The van der Waals surface area contributed by atoms with Crippen molar-refractivity contribution >= 4 is 33.3 Å². The van der Waals surface area contributed by atoms with Gasteiger partial charge in [0, 0.05) is 25.2 Å². The van der Waals surface area contributed by atoms with Gasteiger partial charge in [-0.3, -0.25) is 4.79 Å². The average Bonchev–Trinajstić information content (AvgIpc) is 3.24. The fourth-order valence-corrected chi connectivity index (χ4v) is 3.72. The van der Waals surface area contributed by atoms with E-state index >= 15 is 0 Å². The Hall–Kier alpha value is -2.48. The molecule has 1 fully saturated rings. The Kier molecular flexibility index (Phi) is 3.89. The lowest BCUT2D eigenvalue weighted by Crippen LogP contribution is -2.45. The van der Waals surface area contributed by atoms with Gasteiger partial charge in [0.1, 0.15) is 22.7 Å². The molecular weight excluding hydrogens is 326 g/mol. The molecule has 1 N–H and O–H groups in total. The highest BCUT2D eigenvalue weighted by molar-refractivity contribution is 7.16. The molecule has 4 rings (SSSR count). The molecule has 1 amide bonds. The molecule has 0 radical (unpaired) electrons. The highest BCUT2D eigenvalue weighted by Crippen LogP contribution is 2.28. The van der Waals surface area contributed by atoms with E-state index in [-0.39, 0.29) is 11.9 Å². The molecule has 8 heteroatoms. The summed E-state index contributed by atoms with van der Waals surface area (Å²) in [5, 5.41) is 9.93. The van der Waals surface area contributed by atoms with Crippen molar-refractivity contribution in [2.24, 2.45) is 0 Å². The average molecular weight is 343 g/mol. The van der Waals surface area contributed by atoms with Crippen LogP contribution < -0.4 is 10.2 Å². The van der Waals surface area contributed by atoms with Gasteiger partial charge in [0.05, 0.1) is 5.39 Å². The first-order valence-electron chi connectivity index (χ1n) is 7.88. The van der Waals surface area contributed by atoms with E-state index in [0.717, 1.165) is 42.0 Å². The number of hydrogen-bond acceptors (Lipinski definition) is 7. The highest BCUT2D eigenvalue weighted by Gasteiger charge is 2.24. The number of aromatic nitrogens is 3. The van der Waals surface area contributed by atoms with Crippen LogP contribution in [0.4, 0.5) is 5.82 Å². The maximum atomic E-state index is 12.2. The molecule has 0 spiro atoms. The van der Waals surface area contributed by atoms with Crippen molar-refractivity contribution in [1.29, 1.82) is 0 Å². The summed E-state index contributed by atoms with van der Waals surface area (Å²) in [6.45, 7) is 3.48. The van der Waals surface area contributed by atoms with E-state index < -0.39 is 0 Å². The number of fused-ring (bicyclic) bond motifs is 1. The van der Waals surface area contributed by atoms with Gasteiger partial charge in [0.25, 0.3) is 5.91 Å². The van der Waals surface area contributed by atoms with Crippen LogP contribution >= 0.6 is 11.3 Å². The van der Waals surface area contributed by atoms with Crippen LogP contribution in [0.3, 0.4) is 0 Å². The molecule has 1 aliphatic rings. The summed E-state index contributed by atoms with van der Waals surface area (Å²) in [5.74, 6) is 1.45. The topological polar surface area (TPSA) is 84.2 Å². The van der Waals surface area contributed by atoms with E-state index in [9.17, 15) is 4.79 Å². The highest BCUT2D eigenvalue weighted by atomic mass is 32.1. The summed E-state index contributed by atoms with van der Waals surface area (Å²) in [6, 6.07) is 3.86. The Bertz CT molecular complexity index is 866. The number of carbonyl (C=O) groups excluding carboxylic acids is 1. The van der Waals surface area contributed by atoms with Crippen LogP contribution in [0, 0.1) is 6.92 Å². The standard InChI is InChI=1S/C16H17N5O2S/c1-10-8-13(20-23-10)15(22)19-11-2-5-21(6-3-11)14-12-4-7-24-16(12)18-9-17-14/h4,7-9,11H,2-3,5-6H2,1H3,(H,19,22). The van der Waals surface area contributed by atoms with Crippen molar-refractivity contribution in [3.8, 4) is 0 Å². The maximum Gasteiger partial charge on any atom is 0.273 e. The molecule has 4 heterocycles. The Morgan fingerprint density at radius 3 is 2.96 bits per heavy atom. The molecular formula is C16H17N5O2S. The van der Waals surface area contributed by atoms with Crippen LogP contribution in [0.15, 0.2) is 28.4 Å². The Balaban J connectivity index is 1.40. The van der Waals surface area contributed by atoms with Gasteiger partial charge in [0.2, 0.25) is 0 Å². The molecule has 3 aromatic rings. The number of carbonyl (C=O) groups is 1. The van der Waals surface area contributed by atoms with Crippen molar-refractivity contribution in [2.45, 2.75) is 25.8 Å². The van der Waals surface area contributed by atoms with E-state index in [1.165, 1.54) is 0 Å². The monoisotopic (exact) mass is 343 g/mol. The zero-order chi connectivity index (χ0) is 16.5. The van der Waals surface area contributed by atoms with Crippen molar-refractivity contribution < 1.29 is 9.32 Å². The third-order valence-electron chi connectivity index (χ3n) is 4.23. The molecule has 7 nitrogen and oxygen atoms in total.